The molecule has 148 valence electrons. The van der Waals surface area contributed by atoms with Crippen molar-refractivity contribution in [1.29, 1.82) is 0 Å². The summed E-state index contributed by atoms with van der Waals surface area (Å²) in [5.74, 6) is -2.86. The van der Waals surface area contributed by atoms with Gasteiger partial charge in [-0.1, -0.05) is 19.1 Å². The predicted octanol–water partition coefficient (Wildman–Crippen LogP) is 6.07. The minimum Gasteiger partial charge on any atom is -0.435 e. The number of anilines is 1. The van der Waals surface area contributed by atoms with Crippen LogP contribution >= 0.6 is 0 Å². The van der Waals surface area contributed by atoms with Crippen molar-refractivity contribution in [2.75, 3.05) is 11.4 Å². The Morgan fingerprint density at radius 2 is 1.86 bits per heavy atom. The molecule has 7 heteroatoms. The van der Waals surface area contributed by atoms with Crippen LogP contribution in [-0.2, 0) is 5.92 Å². The lowest BCUT2D eigenvalue weighted by Crippen LogP contribution is -2.30. The Hall–Kier alpha value is -2.83. The van der Waals surface area contributed by atoms with Crippen molar-refractivity contribution in [2.24, 2.45) is 4.99 Å². The van der Waals surface area contributed by atoms with Crippen LogP contribution in [0.1, 0.15) is 31.4 Å². The summed E-state index contributed by atoms with van der Waals surface area (Å²) in [5, 5.41) is 0. The average molecular weight is 392 g/mol. The average Bonchev–Trinajstić information content (AvgIpc) is 2.68. The Morgan fingerprint density at radius 3 is 2.50 bits per heavy atom. The van der Waals surface area contributed by atoms with Gasteiger partial charge in [0.1, 0.15) is 5.75 Å². The van der Waals surface area contributed by atoms with Crippen LogP contribution in [0.25, 0.3) is 5.70 Å². The molecule has 2 aromatic carbocycles. The molecule has 1 aliphatic heterocycles. The highest BCUT2D eigenvalue weighted by Crippen LogP contribution is 2.36. The Bertz CT molecular complexity index is 892. The van der Waals surface area contributed by atoms with Gasteiger partial charge in [0.05, 0.1) is 18.4 Å². The summed E-state index contributed by atoms with van der Waals surface area (Å²) < 4.78 is 57.4. The van der Waals surface area contributed by atoms with Gasteiger partial charge in [-0.05, 0) is 48.9 Å². The highest BCUT2D eigenvalue weighted by atomic mass is 19.3. The smallest absolute Gasteiger partial charge is 0.387 e. The zero-order chi connectivity index (χ0) is 20.3. The third kappa shape index (κ3) is 4.35. The molecule has 0 aromatic heterocycles. The summed E-state index contributed by atoms with van der Waals surface area (Å²) in [7, 11) is 0. The lowest BCUT2D eigenvalue weighted by molar-refractivity contribution is -0.0498. The Kier molecular flexibility index (Phi) is 5.72. The Morgan fingerprint density at radius 1 is 1.14 bits per heavy atom. The molecule has 2 aromatic rings. The van der Waals surface area contributed by atoms with Gasteiger partial charge < -0.3 is 9.64 Å². The maximum absolute atomic E-state index is 14.1. The molecule has 0 aliphatic carbocycles. The molecule has 3 nitrogen and oxygen atoms in total. The molecule has 1 aliphatic rings. The number of halogens is 4. The summed E-state index contributed by atoms with van der Waals surface area (Å²) in [6, 6.07) is 12.4. The Labute approximate surface area is 161 Å². The van der Waals surface area contributed by atoms with Gasteiger partial charge in [0.2, 0.25) is 0 Å². The fourth-order valence-corrected chi connectivity index (χ4v) is 2.97. The van der Waals surface area contributed by atoms with Gasteiger partial charge in [0.15, 0.2) is 0 Å². The number of benzene rings is 2. The topological polar surface area (TPSA) is 24.8 Å². The fourth-order valence-electron chi connectivity index (χ4n) is 2.97. The second-order valence-electron chi connectivity index (χ2n) is 6.48. The maximum atomic E-state index is 14.1. The van der Waals surface area contributed by atoms with E-state index in [9.17, 15) is 17.6 Å². The lowest BCUT2D eigenvalue weighted by atomic mass is 10.0. The largest absolute Gasteiger partial charge is 0.435 e. The lowest BCUT2D eigenvalue weighted by Gasteiger charge is -2.30. The summed E-state index contributed by atoms with van der Waals surface area (Å²) >= 11 is 0. The number of ether oxygens (including phenoxy) is 1. The minimum absolute atomic E-state index is 0.0472. The molecule has 0 N–H and O–H groups in total. The minimum atomic E-state index is -2.91. The van der Waals surface area contributed by atoms with E-state index in [2.05, 4.69) is 9.73 Å². The molecular weight excluding hydrogens is 372 g/mol. The molecule has 0 unspecified atom stereocenters. The number of aliphatic imine (C=N–C) groups is 1. The van der Waals surface area contributed by atoms with Crippen LogP contribution < -0.4 is 9.64 Å². The normalized spacial score (nSPS) is 14.8. The zero-order valence-corrected chi connectivity index (χ0v) is 15.5. The molecule has 0 atom stereocenters. The standard InChI is InChI=1S/C21H20F4N2O/c1-3-21(24,25)16-5-4-6-17(11-16)27-13-14(2)26-12-19(27)15-7-9-18(10-8-15)28-20(22)23/h4-12,20H,3,13H2,1-2H3. The fraction of sp³-hybridized carbons (Fsp3) is 0.286. The highest BCUT2D eigenvalue weighted by Gasteiger charge is 2.30. The monoisotopic (exact) mass is 392 g/mol. The van der Waals surface area contributed by atoms with E-state index in [4.69, 9.17) is 0 Å². The van der Waals surface area contributed by atoms with Crippen LogP contribution in [0.4, 0.5) is 23.2 Å². The quantitative estimate of drug-likeness (QED) is 0.558. The van der Waals surface area contributed by atoms with Crippen LogP contribution in [0.3, 0.4) is 0 Å². The van der Waals surface area contributed by atoms with E-state index >= 15 is 0 Å². The van der Waals surface area contributed by atoms with Crippen molar-refractivity contribution in [3.63, 3.8) is 0 Å². The first kappa shape index (κ1) is 19.9. The summed E-state index contributed by atoms with van der Waals surface area (Å²) in [5.41, 5.74) is 2.79. The summed E-state index contributed by atoms with van der Waals surface area (Å²) in [6.45, 7) is 0.831. The number of nitrogens with zero attached hydrogens (tertiary/aromatic N) is 2. The first-order valence-corrected chi connectivity index (χ1v) is 8.85. The van der Waals surface area contributed by atoms with E-state index in [0.29, 0.717) is 23.5 Å². The maximum Gasteiger partial charge on any atom is 0.387 e. The van der Waals surface area contributed by atoms with Crippen LogP contribution in [0.15, 0.2) is 59.7 Å². The van der Waals surface area contributed by atoms with Gasteiger partial charge in [0.25, 0.3) is 5.92 Å². The molecule has 3 rings (SSSR count). The van der Waals surface area contributed by atoms with E-state index in [1.807, 2.05) is 11.8 Å². The molecule has 1 heterocycles. The van der Waals surface area contributed by atoms with Crippen molar-refractivity contribution in [2.45, 2.75) is 32.8 Å². The summed E-state index contributed by atoms with van der Waals surface area (Å²) in [4.78, 5) is 6.21. The van der Waals surface area contributed by atoms with E-state index in [0.717, 1.165) is 5.71 Å². The first-order valence-electron chi connectivity index (χ1n) is 8.85. The van der Waals surface area contributed by atoms with Crippen LogP contribution in [0.5, 0.6) is 5.75 Å². The summed E-state index contributed by atoms with van der Waals surface area (Å²) in [6.07, 6.45) is 1.36. The van der Waals surface area contributed by atoms with Gasteiger partial charge in [-0.2, -0.15) is 8.78 Å². The van der Waals surface area contributed by atoms with Gasteiger partial charge in [-0.25, -0.2) is 8.78 Å². The van der Waals surface area contributed by atoms with Gasteiger partial charge in [-0.15, -0.1) is 0 Å². The number of rotatable bonds is 6. The highest BCUT2D eigenvalue weighted by molar-refractivity contribution is 5.96. The predicted molar refractivity (Wildman–Crippen MR) is 102 cm³/mol. The van der Waals surface area contributed by atoms with Crippen molar-refractivity contribution in [3.05, 3.63) is 65.9 Å². The molecule has 0 amide bonds. The molecule has 0 fully saturated rings. The number of alkyl halides is 4. The second kappa shape index (κ2) is 8.04. The number of hydrogen-bond acceptors (Lipinski definition) is 3. The molecule has 0 spiro atoms. The molecule has 28 heavy (non-hydrogen) atoms. The zero-order valence-electron chi connectivity index (χ0n) is 15.5. The van der Waals surface area contributed by atoms with Crippen LogP contribution in [0, 0.1) is 0 Å². The molecule has 0 saturated heterocycles. The van der Waals surface area contributed by atoms with Crippen molar-refractivity contribution >= 4 is 17.1 Å². The van der Waals surface area contributed by atoms with E-state index in [-0.39, 0.29) is 17.7 Å². The van der Waals surface area contributed by atoms with Gasteiger partial charge >= 0.3 is 6.61 Å². The van der Waals surface area contributed by atoms with Crippen molar-refractivity contribution in [1.82, 2.24) is 0 Å². The Balaban J connectivity index is 1.96. The van der Waals surface area contributed by atoms with Crippen molar-refractivity contribution < 1.29 is 22.3 Å². The van der Waals surface area contributed by atoms with E-state index in [1.54, 1.807) is 30.5 Å². The SMILES string of the molecule is CCC(F)(F)c1cccc(N2CC(C)=NC=C2c2ccc(OC(F)F)cc2)c1. The third-order valence-electron chi connectivity index (χ3n) is 4.48. The first-order chi connectivity index (χ1) is 13.3. The van der Waals surface area contributed by atoms with Crippen LogP contribution in [0.2, 0.25) is 0 Å². The van der Waals surface area contributed by atoms with E-state index in [1.165, 1.54) is 31.2 Å². The second-order valence-corrected chi connectivity index (χ2v) is 6.48. The van der Waals surface area contributed by atoms with E-state index < -0.39 is 12.5 Å². The van der Waals surface area contributed by atoms with Crippen LogP contribution in [-0.4, -0.2) is 18.9 Å². The molecular formula is C21H20F4N2O. The van der Waals surface area contributed by atoms with Crippen molar-refractivity contribution in [3.8, 4) is 5.75 Å². The van der Waals surface area contributed by atoms with Gasteiger partial charge in [0, 0.05) is 23.4 Å². The molecule has 0 radical (unpaired) electrons. The number of hydrogen-bond donors (Lipinski definition) is 0. The third-order valence-corrected chi connectivity index (χ3v) is 4.48. The molecule has 0 saturated carbocycles. The van der Waals surface area contributed by atoms with Gasteiger partial charge in [-0.3, -0.25) is 4.99 Å². The molecule has 0 bridgehead atoms.